The summed E-state index contributed by atoms with van der Waals surface area (Å²) in [4.78, 5) is 24.6. The lowest BCUT2D eigenvalue weighted by molar-refractivity contribution is 0.0371. The molecular weight excluding hydrogens is 262 g/mol. The number of carbonyl (C=O) groups is 2. The van der Waals surface area contributed by atoms with E-state index in [0.717, 1.165) is 25.7 Å². The number of hydrogen-bond donors (Lipinski definition) is 1. The molecule has 0 unspecified atom stereocenters. The maximum absolute atomic E-state index is 12.2. The van der Waals surface area contributed by atoms with Gasteiger partial charge in [0.15, 0.2) is 5.76 Å². The van der Waals surface area contributed by atoms with Crippen molar-refractivity contribution in [3.8, 4) is 0 Å². The second-order valence-electron chi connectivity index (χ2n) is 5.05. The first-order chi connectivity index (χ1) is 9.52. The first-order valence-corrected chi connectivity index (χ1v) is 6.66. The van der Waals surface area contributed by atoms with Crippen LogP contribution in [0.1, 0.15) is 46.8 Å². The zero-order chi connectivity index (χ0) is 14.7. The zero-order valence-electron chi connectivity index (χ0n) is 11.7. The lowest BCUT2D eigenvalue weighted by atomic mass is 9.92. The van der Waals surface area contributed by atoms with E-state index in [9.17, 15) is 9.59 Å². The highest BCUT2D eigenvalue weighted by molar-refractivity contribution is 5.93. The molecule has 6 nitrogen and oxygen atoms in total. The average molecular weight is 281 g/mol. The van der Waals surface area contributed by atoms with Gasteiger partial charge in [-0.1, -0.05) is 0 Å². The lowest BCUT2D eigenvalue weighted by Gasteiger charge is -2.33. The first-order valence-electron chi connectivity index (χ1n) is 6.66. The zero-order valence-corrected chi connectivity index (χ0v) is 11.7. The van der Waals surface area contributed by atoms with Gasteiger partial charge in [0.1, 0.15) is 0 Å². The molecule has 0 radical (unpaired) electrons. The molecule has 0 aliphatic heterocycles. The summed E-state index contributed by atoms with van der Waals surface area (Å²) in [5, 5.41) is 8.79. The van der Waals surface area contributed by atoms with E-state index in [-0.39, 0.29) is 29.6 Å². The van der Waals surface area contributed by atoms with Gasteiger partial charge in [0.2, 0.25) is 5.76 Å². The van der Waals surface area contributed by atoms with Crippen LogP contribution < -0.4 is 0 Å². The number of furan rings is 1. The predicted molar refractivity (Wildman–Crippen MR) is 70.8 cm³/mol. The molecule has 110 valence electrons. The molecule has 0 bridgehead atoms. The highest BCUT2D eigenvalue weighted by Crippen LogP contribution is 2.25. The van der Waals surface area contributed by atoms with Crippen molar-refractivity contribution in [2.24, 2.45) is 0 Å². The summed E-state index contributed by atoms with van der Waals surface area (Å²) in [6.07, 6.45) is 3.90. The Morgan fingerprint density at radius 1 is 1.25 bits per heavy atom. The van der Waals surface area contributed by atoms with Gasteiger partial charge >= 0.3 is 5.97 Å². The van der Waals surface area contributed by atoms with Crippen molar-refractivity contribution >= 4 is 11.9 Å². The molecule has 0 atom stereocenters. The maximum atomic E-state index is 12.2. The van der Waals surface area contributed by atoms with Crippen LogP contribution in [0.4, 0.5) is 0 Å². The Kier molecular flexibility index (Phi) is 4.44. The van der Waals surface area contributed by atoms with Gasteiger partial charge in [0, 0.05) is 20.2 Å². The van der Waals surface area contributed by atoms with Crippen LogP contribution in [-0.4, -0.2) is 48.2 Å². The van der Waals surface area contributed by atoms with Gasteiger partial charge in [-0.05, 0) is 37.8 Å². The highest BCUT2D eigenvalue weighted by Gasteiger charge is 2.28. The van der Waals surface area contributed by atoms with E-state index in [2.05, 4.69) is 0 Å². The molecular formula is C14H19NO5. The molecule has 1 N–H and O–H groups in total. The van der Waals surface area contributed by atoms with Gasteiger partial charge in [0.25, 0.3) is 5.91 Å². The fourth-order valence-electron chi connectivity index (χ4n) is 2.58. The number of hydrogen-bond acceptors (Lipinski definition) is 4. The summed E-state index contributed by atoms with van der Waals surface area (Å²) < 4.78 is 10.4. The Hall–Kier alpha value is -1.82. The number of carbonyl (C=O) groups excluding carboxylic acids is 1. The Balaban J connectivity index is 1.99. The number of rotatable bonds is 4. The Morgan fingerprint density at radius 2 is 1.85 bits per heavy atom. The van der Waals surface area contributed by atoms with Crippen molar-refractivity contribution in [1.82, 2.24) is 4.90 Å². The van der Waals surface area contributed by atoms with Crippen LogP contribution in [0.25, 0.3) is 0 Å². The lowest BCUT2D eigenvalue weighted by Crippen LogP contribution is -2.40. The fraction of sp³-hybridized carbons (Fsp3) is 0.571. The highest BCUT2D eigenvalue weighted by atomic mass is 16.5. The van der Waals surface area contributed by atoms with E-state index < -0.39 is 5.97 Å². The fourth-order valence-corrected chi connectivity index (χ4v) is 2.58. The predicted octanol–water partition coefficient (Wildman–Crippen LogP) is 2.01. The minimum atomic E-state index is -1.17. The van der Waals surface area contributed by atoms with Crippen molar-refractivity contribution in [3.63, 3.8) is 0 Å². The Morgan fingerprint density at radius 3 is 2.35 bits per heavy atom. The molecule has 1 aliphatic carbocycles. The van der Waals surface area contributed by atoms with E-state index in [1.165, 1.54) is 12.1 Å². The van der Waals surface area contributed by atoms with Crippen molar-refractivity contribution in [2.75, 3.05) is 14.2 Å². The van der Waals surface area contributed by atoms with Gasteiger partial charge in [-0.25, -0.2) is 4.79 Å². The minimum absolute atomic E-state index is 0.0683. The summed E-state index contributed by atoms with van der Waals surface area (Å²) >= 11 is 0. The molecule has 1 amide bonds. The normalized spacial score (nSPS) is 22.5. The SMILES string of the molecule is COC1CCC(N(C)C(=O)c2ccc(C(=O)O)o2)CC1. The number of carboxylic acids is 1. The Bertz CT molecular complexity index is 488. The summed E-state index contributed by atoms with van der Waals surface area (Å²) in [5.41, 5.74) is 0. The molecule has 20 heavy (non-hydrogen) atoms. The van der Waals surface area contributed by atoms with Gasteiger partial charge in [-0.15, -0.1) is 0 Å². The van der Waals surface area contributed by atoms with Crippen molar-refractivity contribution in [1.29, 1.82) is 0 Å². The number of amides is 1. The topological polar surface area (TPSA) is 80.0 Å². The maximum Gasteiger partial charge on any atom is 0.371 e. The second-order valence-corrected chi connectivity index (χ2v) is 5.05. The summed E-state index contributed by atoms with van der Waals surface area (Å²) in [6.45, 7) is 0. The molecule has 1 heterocycles. The van der Waals surface area contributed by atoms with E-state index >= 15 is 0 Å². The van der Waals surface area contributed by atoms with Crippen molar-refractivity contribution < 1.29 is 23.8 Å². The largest absolute Gasteiger partial charge is 0.475 e. The number of carboxylic acid groups (broad SMARTS) is 1. The quantitative estimate of drug-likeness (QED) is 0.913. The van der Waals surface area contributed by atoms with Crippen LogP contribution in [0, 0.1) is 0 Å². The molecule has 1 saturated carbocycles. The van der Waals surface area contributed by atoms with E-state index in [1.54, 1.807) is 19.1 Å². The molecule has 2 rings (SSSR count). The summed E-state index contributed by atoms with van der Waals surface area (Å²) in [7, 11) is 3.43. The van der Waals surface area contributed by atoms with Crippen LogP contribution in [0.5, 0.6) is 0 Å². The van der Waals surface area contributed by atoms with Gasteiger partial charge in [0.05, 0.1) is 6.10 Å². The monoisotopic (exact) mass is 281 g/mol. The number of ether oxygens (including phenoxy) is 1. The van der Waals surface area contributed by atoms with Crippen LogP contribution in [0.15, 0.2) is 16.5 Å². The van der Waals surface area contributed by atoms with Crippen molar-refractivity contribution in [3.05, 3.63) is 23.7 Å². The third-order valence-corrected chi connectivity index (χ3v) is 3.87. The van der Waals surface area contributed by atoms with Crippen molar-refractivity contribution in [2.45, 2.75) is 37.8 Å². The third kappa shape index (κ3) is 3.01. The van der Waals surface area contributed by atoms with E-state index in [0.29, 0.717) is 0 Å². The molecule has 1 fully saturated rings. The molecule has 0 spiro atoms. The summed E-state index contributed by atoms with van der Waals surface area (Å²) in [5.74, 6) is -1.60. The van der Waals surface area contributed by atoms with E-state index in [1.807, 2.05) is 0 Å². The smallest absolute Gasteiger partial charge is 0.371 e. The first kappa shape index (κ1) is 14.6. The van der Waals surface area contributed by atoms with Gasteiger partial charge in [-0.3, -0.25) is 4.79 Å². The number of aromatic carboxylic acids is 1. The minimum Gasteiger partial charge on any atom is -0.475 e. The van der Waals surface area contributed by atoms with Gasteiger partial charge < -0.3 is 19.2 Å². The third-order valence-electron chi connectivity index (χ3n) is 3.87. The van der Waals surface area contributed by atoms with Crippen LogP contribution >= 0.6 is 0 Å². The standard InChI is InChI=1S/C14H19NO5/c1-15(9-3-5-10(19-2)6-4-9)13(16)11-7-8-12(20-11)14(17)18/h7-10H,3-6H2,1-2H3,(H,17,18). The van der Waals surface area contributed by atoms with Gasteiger partial charge in [-0.2, -0.15) is 0 Å². The van der Waals surface area contributed by atoms with Crippen LogP contribution in [-0.2, 0) is 4.74 Å². The molecule has 6 heteroatoms. The van der Waals surface area contributed by atoms with Crippen LogP contribution in [0.2, 0.25) is 0 Å². The molecule has 1 aromatic rings. The molecule has 1 aliphatic rings. The summed E-state index contributed by atoms with van der Waals surface area (Å²) in [6, 6.07) is 2.85. The number of methoxy groups -OCH3 is 1. The number of nitrogens with zero attached hydrogens (tertiary/aromatic N) is 1. The molecule has 0 aromatic carbocycles. The van der Waals surface area contributed by atoms with Crippen LogP contribution in [0.3, 0.4) is 0 Å². The molecule has 0 saturated heterocycles. The Labute approximate surface area is 117 Å². The second kappa shape index (κ2) is 6.09. The average Bonchev–Trinajstić information content (AvgIpc) is 2.96. The molecule has 1 aromatic heterocycles. The van der Waals surface area contributed by atoms with E-state index in [4.69, 9.17) is 14.3 Å².